The van der Waals surface area contributed by atoms with Gasteiger partial charge in [0.1, 0.15) is 5.56 Å². The Balaban J connectivity index is 2.30. The maximum absolute atomic E-state index is 13.4. The summed E-state index contributed by atoms with van der Waals surface area (Å²) in [6.45, 7) is 4.17. The molecule has 27 heavy (non-hydrogen) atoms. The predicted molar refractivity (Wildman–Crippen MR) is 101 cm³/mol. The normalized spacial score (nSPS) is 11.5. The van der Waals surface area contributed by atoms with Crippen molar-refractivity contribution in [3.05, 3.63) is 41.6 Å². The fourth-order valence-electron chi connectivity index (χ4n) is 2.81. The summed E-state index contributed by atoms with van der Waals surface area (Å²) in [5.74, 6) is -0.218. The van der Waals surface area contributed by atoms with Crippen LogP contribution >= 0.6 is 0 Å². The monoisotopic (exact) mass is 381 g/mol. The van der Waals surface area contributed by atoms with E-state index in [4.69, 9.17) is 4.74 Å². The highest BCUT2D eigenvalue weighted by Gasteiger charge is 2.36. The molecule has 2 rings (SSSR count). The van der Waals surface area contributed by atoms with Crippen LogP contribution in [0.25, 0.3) is 0 Å². The SMILES string of the molecule is CCCCCCc1cccc(N(C)c2nc(OCC)ncc2C(F)(F)F)c1. The Hall–Kier alpha value is -2.31. The molecule has 148 valence electrons. The van der Waals surface area contributed by atoms with Crippen LogP contribution in [0.3, 0.4) is 0 Å². The van der Waals surface area contributed by atoms with Crippen molar-refractivity contribution in [1.29, 1.82) is 0 Å². The number of benzene rings is 1. The summed E-state index contributed by atoms with van der Waals surface area (Å²) >= 11 is 0. The molecule has 0 aliphatic rings. The van der Waals surface area contributed by atoms with Crippen molar-refractivity contribution < 1.29 is 17.9 Å². The third-order valence-electron chi connectivity index (χ3n) is 4.26. The van der Waals surface area contributed by atoms with E-state index in [2.05, 4.69) is 16.9 Å². The van der Waals surface area contributed by atoms with Gasteiger partial charge in [-0.15, -0.1) is 0 Å². The van der Waals surface area contributed by atoms with E-state index in [-0.39, 0.29) is 18.4 Å². The minimum Gasteiger partial charge on any atom is -0.464 e. The molecule has 0 saturated heterocycles. The summed E-state index contributed by atoms with van der Waals surface area (Å²) in [7, 11) is 1.57. The zero-order valence-corrected chi connectivity index (χ0v) is 16.0. The smallest absolute Gasteiger partial charge is 0.421 e. The lowest BCUT2D eigenvalue weighted by atomic mass is 10.1. The number of hydrogen-bond donors (Lipinski definition) is 0. The van der Waals surface area contributed by atoms with E-state index in [1.807, 2.05) is 18.2 Å². The fourth-order valence-corrected chi connectivity index (χ4v) is 2.81. The fraction of sp³-hybridized carbons (Fsp3) is 0.500. The Morgan fingerprint density at radius 2 is 1.89 bits per heavy atom. The van der Waals surface area contributed by atoms with Gasteiger partial charge in [-0.25, -0.2) is 4.98 Å². The zero-order chi connectivity index (χ0) is 19.9. The number of aryl methyl sites for hydroxylation is 1. The molecule has 1 heterocycles. The van der Waals surface area contributed by atoms with E-state index in [0.29, 0.717) is 5.69 Å². The Kier molecular flexibility index (Phi) is 7.45. The molecular formula is C20H26F3N3O. The first-order valence-corrected chi connectivity index (χ1v) is 9.26. The van der Waals surface area contributed by atoms with E-state index in [0.717, 1.165) is 31.0 Å². The molecule has 7 heteroatoms. The molecule has 0 atom stereocenters. The van der Waals surface area contributed by atoms with E-state index in [1.165, 1.54) is 17.7 Å². The van der Waals surface area contributed by atoms with Crippen LogP contribution < -0.4 is 9.64 Å². The highest BCUT2D eigenvalue weighted by atomic mass is 19.4. The van der Waals surface area contributed by atoms with Crippen LogP contribution in [-0.2, 0) is 12.6 Å². The number of rotatable bonds is 9. The maximum Gasteiger partial charge on any atom is 0.421 e. The van der Waals surface area contributed by atoms with Crippen molar-refractivity contribution in [2.75, 3.05) is 18.6 Å². The lowest BCUT2D eigenvalue weighted by Gasteiger charge is -2.23. The van der Waals surface area contributed by atoms with Gasteiger partial charge in [-0.3, -0.25) is 0 Å². The minimum absolute atomic E-state index is 0.0666. The topological polar surface area (TPSA) is 38.2 Å². The number of hydrogen-bond acceptors (Lipinski definition) is 4. The van der Waals surface area contributed by atoms with Crippen molar-refractivity contribution in [3.63, 3.8) is 0 Å². The van der Waals surface area contributed by atoms with Gasteiger partial charge in [-0.2, -0.15) is 18.2 Å². The highest BCUT2D eigenvalue weighted by molar-refractivity contribution is 5.63. The molecule has 2 aromatic rings. The van der Waals surface area contributed by atoms with Crippen molar-refractivity contribution in [3.8, 4) is 6.01 Å². The lowest BCUT2D eigenvalue weighted by Crippen LogP contribution is -2.19. The zero-order valence-electron chi connectivity index (χ0n) is 16.0. The number of alkyl halides is 3. The molecule has 0 unspecified atom stereocenters. The highest BCUT2D eigenvalue weighted by Crippen LogP contribution is 2.37. The van der Waals surface area contributed by atoms with Gasteiger partial charge in [-0.05, 0) is 37.5 Å². The van der Waals surface area contributed by atoms with Gasteiger partial charge < -0.3 is 9.64 Å². The van der Waals surface area contributed by atoms with Gasteiger partial charge in [0.05, 0.1) is 6.61 Å². The second-order valence-electron chi connectivity index (χ2n) is 6.36. The van der Waals surface area contributed by atoms with Crippen LogP contribution in [0.5, 0.6) is 6.01 Å². The molecule has 0 fully saturated rings. The Morgan fingerprint density at radius 3 is 2.56 bits per heavy atom. The quantitative estimate of drug-likeness (QED) is 0.516. The summed E-state index contributed by atoms with van der Waals surface area (Å²) < 4.78 is 45.4. The molecule has 0 radical (unpaired) electrons. The van der Waals surface area contributed by atoms with Gasteiger partial charge in [0.15, 0.2) is 5.82 Å². The summed E-state index contributed by atoms with van der Waals surface area (Å²) in [6, 6.07) is 7.48. The van der Waals surface area contributed by atoms with Gasteiger partial charge >= 0.3 is 12.2 Å². The molecule has 4 nitrogen and oxygen atoms in total. The van der Waals surface area contributed by atoms with Crippen molar-refractivity contribution in [2.45, 2.75) is 52.1 Å². The van der Waals surface area contributed by atoms with Crippen LogP contribution in [0.2, 0.25) is 0 Å². The number of unbranched alkanes of at least 4 members (excludes halogenated alkanes) is 3. The average Bonchev–Trinajstić information content (AvgIpc) is 2.64. The second-order valence-corrected chi connectivity index (χ2v) is 6.36. The van der Waals surface area contributed by atoms with E-state index in [1.54, 1.807) is 20.0 Å². The summed E-state index contributed by atoms with van der Waals surface area (Å²) in [5, 5.41) is 0. The largest absolute Gasteiger partial charge is 0.464 e. The standard InChI is InChI=1S/C20H26F3N3O/c1-4-6-7-8-10-15-11-9-12-16(13-15)26(3)18-17(20(21,22)23)14-24-19(25-18)27-5-2/h9,11-14H,4-8,10H2,1-3H3. The first kappa shape index (κ1) is 21.0. The number of halogens is 3. The van der Waals surface area contributed by atoms with E-state index < -0.39 is 11.7 Å². The van der Waals surface area contributed by atoms with Crippen LogP contribution in [-0.4, -0.2) is 23.6 Å². The third-order valence-corrected chi connectivity index (χ3v) is 4.26. The summed E-state index contributed by atoms with van der Waals surface area (Å²) in [5.41, 5.74) is 0.861. The predicted octanol–water partition coefficient (Wildman–Crippen LogP) is 5.78. The van der Waals surface area contributed by atoms with Crippen LogP contribution in [0.4, 0.5) is 24.7 Å². The average molecular weight is 381 g/mol. The first-order valence-electron chi connectivity index (χ1n) is 9.26. The van der Waals surface area contributed by atoms with Crippen molar-refractivity contribution >= 4 is 11.5 Å². The van der Waals surface area contributed by atoms with Crippen LogP contribution in [0.15, 0.2) is 30.5 Å². The maximum atomic E-state index is 13.4. The number of ether oxygens (including phenoxy) is 1. The molecule has 1 aromatic carbocycles. The molecule has 0 amide bonds. The molecule has 0 aliphatic carbocycles. The van der Waals surface area contributed by atoms with Crippen LogP contribution in [0, 0.1) is 0 Å². The summed E-state index contributed by atoms with van der Waals surface area (Å²) in [6.07, 6.45) is 1.70. The molecule has 0 saturated carbocycles. The molecule has 1 aromatic heterocycles. The Labute approximate surface area is 158 Å². The Bertz CT molecular complexity index is 735. The number of nitrogens with zero attached hydrogens (tertiary/aromatic N) is 3. The Morgan fingerprint density at radius 1 is 1.11 bits per heavy atom. The number of aromatic nitrogens is 2. The van der Waals surface area contributed by atoms with Crippen LogP contribution in [0.1, 0.15) is 50.7 Å². The molecule has 0 spiro atoms. The van der Waals surface area contributed by atoms with Gasteiger partial charge in [0.2, 0.25) is 0 Å². The lowest BCUT2D eigenvalue weighted by molar-refractivity contribution is -0.137. The van der Waals surface area contributed by atoms with Gasteiger partial charge in [-0.1, -0.05) is 38.3 Å². The van der Waals surface area contributed by atoms with Gasteiger partial charge in [0, 0.05) is 18.9 Å². The number of anilines is 2. The van der Waals surface area contributed by atoms with Crippen molar-refractivity contribution in [1.82, 2.24) is 9.97 Å². The molecule has 0 bridgehead atoms. The second kappa shape index (κ2) is 9.58. The van der Waals surface area contributed by atoms with Gasteiger partial charge in [0.25, 0.3) is 0 Å². The van der Waals surface area contributed by atoms with Crippen molar-refractivity contribution in [2.24, 2.45) is 0 Å². The third kappa shape index (κ3) is 5.84. The molecular weight excluding hydrogens is 355 g/mol. The minimum atomic E-state index is -4.55. The van der Waals surface area contributed by atoms with E-state index in [9.17, 15) is 13.2 Å². The summed E-state index contributed by atoms with van der Waals surface area (Å²) in [4.78, 5) is 9.09. The first-order chi connectivity index (χ1) is 12.9. The van der Waals surface area contributed by atoms with E-state index >= 15 is 0 Å². The molecule has 0 N–H and O–H groups in total. The molecule has 0 aliphatic heterocycles.